The van der Waals surface area contributed by atoms with Gasteiger partial charge < -0.3 is 30.3 Å². The maximum absolute atomic E-state index is 12.5. The lowest BCUT2D eigenvalue weighted by molar-refractivity contribution is -0.245. The number of aliphatic hydroxyl groups is 1. The summed E-state index contributed by atoms with van der Waals surface area (Å²) in [4.78, 5) is 12.5. The summed E-state index contributed by atoms with van der Waals surface area (Å²) in [5, 5.41) is 38.0. The standard InChI is InChI=1S/C40H38N6O5S/c47-25-28-12-14-30(15-13-28)37-22-36(26-52-40-43-44-45-46(40)34-16-18-35(48)19-17-34)50-38(51-37)33-11-5-10-32(21-33)31-9-4-8-29(20-31)24-42-39(49)41-23-27-6-2-1-3-7-27/h1-21,36-38,47-48H,22-26H2,(H2,41,42,49). The molecule has 3 atom stereocenters. The van der Waals surface area contributed by atoms with Crippen LogP contribution < -0.4 is 10.6 Å². The van der Waals surface area contributed by atoms with Crippen molar-refractivity contribution < 1.29 is 24.5 Å². The number of ether oxygens (including phenoxy) is 2. The number of urea groups is 1. The largest absolute Gasteiger partial charge is 0.508 e. The molecule has 264 valence electrons. The maximum atomic E-state index is 12.5. The van der Waals surface area contributed by atoms with E-state index in [0.29, 0.717) is 30.4 Å². The fourth-order valence-corrected chi connectivity index (χ4v) is 6.87. The molecule has 3 unspecified atom stereocenters. The predicted octanol–water partition coefficient (Wildman–Crippen LogP) is 6.86. The van der Waals surface area contributed by atoms with Crippen molar-refractivity contribution in [2.24, 2.45) is 0 Å². The lowest BCUT2D eigenvalue weighted by Gasteiger charge is -2.36. The van der Waals surface area contributed by atoms with Gasteiger partial charge in [-0.05, 0) is 80.2 Å². The summed E-state index contributed by atoms with van der Waals surface area (Å²) in [5.41, 5.74) is 7.45. The third-order valence-corrected chi connectivity index (χ3v) is 9.77. The van der Waals surface area contributed by atoms with Crippen molar-refractivity contribution in [3.63, 3.8) is 0 Å². The Hall–Kier alpha value is -5.53. The quantitative estimate of drug-likeness (QED) is 0.1000. The van der Waals surface area contributed by atoms with Crippen LogP contribution in [-0.4, -0.2) is 48.3 Å². The minimum absolute atomic E-state index is 0.0297. The van der Waals surface area contributed by atoms with E-state index >= 15 is 0 Å². The number of tetrazole rings is 1. The molecule has 0 bridgehead atoms. The molecule has 1 fully saturated rings. The van der Waals surface area contributed by atoms with E-state index in [1.165, 1.54) is 11.8 Å². The number of nitrogens with one attached hydrogen (secondary N) is 2. The number of benzene rings is 5. The summed E-state index contributed by atoms with van der Waals surface area (Å²) < 4.78 is 14.9. The van der Waals surface area contributed by atoms with Crippen molar-refractivity contribution in [3.05, 3.63) is 155 Å². The van der Waals surface area contributed by atoms with E-state index in [4.69, 9.17) is 9.47 Å². The highest BCUT2D eigenvalue weighted by Crippen LogP contribution is 2.40. The molecular weight excluding hydrogens is 677 g/mol. The van der Waals surface area contributed by atoms with E-state index in [1.54, 1.807) is 28.9 Å². The van der Waals surface area contributed by atoms with Gasteiger partial charge in [-0.25, -0.2) is 4.79 Å². The highest BCUT2D eigenvalue weighted by molar-refractivity contribution is 7.99. The van der Waals surface area contributed by atoms with Gasteiger partial charge >= 0.3 is 6.03 Å². The summed E-state index contributed by atoms with van der Waals surface area (Å²) in [6.07, 6.45) is -0.497. The number of carbonyl (C=O) groups excluding carboxylic acids is 1. The van der Waals surface area contributed by atoms with Gasteiger partial charge in [-0.15, -0.1) is 5.10 Å². The molecule has 2 amide bonds. The van der Waals surface area contributed by atoms with Crippen LogP contribution in [0.3, 0.4) is 0 Å². The molecule has 5 aromatic carbocycles. The van der Waals surface area contributed by atoms with Crippen molar-refractivity contribution in [2.45, 2.75) is 49.8 Å². The number of hydrogen-bond acceptors (Lipinski definition) is 9. The molecule has 1 aliphatic rings. The molecular formula is C40H38N6O5S. The van der Waals surface area contributed by atoms with Gasteiger partial charge in [-0.2, -0.15) is 4.68 Å². The molecule has 0 saturated carbocycles. The number of thioether (sulfide) groups is 1. The Morgan fingerprint density at radius 2 is 1.48 bits per heavy atom. The number of phenolic OH excluding ortho intramolecular Hbond substituents is 1. The Bertz CT molecular complexity index is 2080. The molecule has 11 nitrogen and oxygen atoms in total. The second kappa shape index (κ2) is 16.7. The van der Waals surface area contributed by atoms with Crippen molar-refractivity contribution in [3.8, 4) is 22.6 Å². The Morgan fingerprint density at radius 3 is 2.25 bits per heavy atom. The highest BCUT2D eigenvalue weighted by Gasteiger charge is 2.33. The number of aliphatic hydroxyl groups excluding tert-OH is 1. The molecule has 6 aromatic rings. The second-order valence-corrected chi connectivity index (χ2v) is 13.4. The van der Waals surface area contributed by atoms with E-state index in [1.807, 2.05) is 91.0 Å². The predicted molar refractivity (Wildman–Crippen MR) is 197 cm³/mol. The van der Waals surface area contributed by atoms with Gasteiger partial charge in [0.05, 0.1) is 24.5 Å². The monoisotopic (exact) mass is 714 g/mol. The number of nitrogens with zero attached hydrogens (tertiary/aromatic N) is 4. The zero-order chi connectivity index (χ0) is 35.7. The van der Waals surface area contributed by atoms with Crippen LogP contribution in [0.4, 0.5) is 4.79 Å². The van der Waals surface area contributed by atoms with Crippen molar-refractivity contribution in [1.29, 1.82) is 0 Å². The molecule has 0 radical (unpaired) electrons. The third-order valence-electron chi connectivity index (χ3n) is 8.72. The van der Waals surface area contributed by atoms with Gasteiger partial charge in [0.15, 0.2) is 6.29 Å². The Morgan fingerprint density at radius 1 is 0.769 bits per heavy atom. The number of amides is 2. The molecule has 2 heterocycles. The van der Waals surface area contributed by atoms with Gasteiger partial charge in [-0.3, -0.25) is 0 Å². The first-order valence-corrected chi connectivity index (χ1v) is 18.0. The SMILES string of the molecule is O=C(NCc1ccccc1)NCc1cccc(-c2cccc(C3OC(CSc4nnnn4-c4ccc(O)cc4)CC(c4ccc(CO)cc4)O3)c2)c1. The molecule has 0 spiro atoms. The van der Waals surface area contributed by atoms with E-state index in [2.05, 4.69) is 38.3 Å². The van der Waals surface area contributed by atoms with Crippen molar-refractivity contribution in [1.82, 2.24) is 30.8 Å². The summed E-state index contributed by atoms with van der Waals surface area (Å²) in [6.45, 7) is 0.811. The molecule has 0 aliphatic carbocycles. The average molecular weight is 715 g/mol. The van der Waals surface area contributed by atoms with Crippen molar-refractivity contribution >= 4 is 17.8 Å². The zero-order valence-corrected chi connectivity index (χ0v) is 29.0. The molecule has 1 aromatic heterocycles. The number of carbonyl (C=O) groups is 1. The van der Waals surface area contributed by atoms with Crippen molar-refractivity contribution in [2.75, 3.05) is 5.75 Å². The summed E-state index contributed by atoms with van der Waals surface area (Å²) in [6, 6.07) is 40.3. The lowest BCUT2D eigenvalue weighted by Crippen LogP contribution is -2.34. The Balaban J connectivity index is 1.06. The zero-order valence-electron chi connectivity index (χ0n) is 28.2. The molecule has 1 saturated heterocycles. The molecule has 12 heteroatoms. The van der Waals surface area contributed by atoms with Crippen LogP contribution in [0, 0.1) is 0 Å². The number of phenols is 1. The van der Waals surface area contributed by atoms with Gasteiger partial charge in [0.1, 0.15) is 5.75 Å². The normalized spacial score (nSPS) is 17.1. The first kappa shape index (κ1) is 34.9. The van der Waals surface area contributed by atoms with Gasteiger partial charge in [0.25, 0.3) is 0 Å². The fourth-order valence-electron chi connectivity index (χ4n) is 5.96. The van der Waals surface area contributed by atoms with E-state index in [0.717, 1.165) is 44.6 Å². The van der Waals surface area contributed by atoms with Gasteiger partial charge in [-0.1, -0.05) is 103 Å². The van der Waals surface area contributed by atoms with Gasteiger partial charge in [0, 0.05) is 30.8 Å². The summed E-state index contributed by atoms with van der Waals surface area (Å²) >= 11 is 1.49. The van der Waals surface area contributed by atoms with Crippen LogP contribution >= 0.6 is 11.8 Å². The third kappa shape index (κ3) is 8.85. The van der Waals surface area contributed by atoms with Crippen LogP contribution in [-0.2, 0) is 29.2 Å². The lowest BCUT2D eigenvalue weighted by atomic mass is 9.99. The van der Waals surface area contributed by atoms with E-state index in [-0.39, 0.29) is 30.6 Å². The molecule has 52 heavy (non-hydrogen) atoms. The van der Waals surface area contributed by atoms with Crippen LogP contribution in [0.5, 0.6) is 5.75 Å². The summed E-state index contributed by atoms with van der Waals surface area (Å²) in [7, 11) is 0. The number of hydrogen-bond donors (Lipinski definition) is 4. The highest BCUT2D eigenvalue weighted by atomic mass is 32.2. The summed E-state index contributed by atoms with van der Waals surface area (Å²) in [5.74, 6) is 0.732. The number of rotatable bonds is 12. The minimum atomic E-state index is -0.645. The van der Waals surface area contributed by atoms with Crippen LogP contribution in [0.2, 0.25) is 0 Å². The maximum Gasteiger partial charge on any atom is 0.315 e. The van der Waals surface area contributed by atoms with Crippen LogP contribution in [0.15, 0.2) is 133 Å². The Kier molecular flexibility index (Phi) is 11.2. The number of aromatic nitrogens is 4. The second-order valence-electron chi connectivity index (χ2n) is 12.4. The average Bonchev–Trinajstić information content (AvgIpc) is 3.68. The Labute approximate surface area is 305 Å². The van der Waals surface area contributed by atoms with Gasteiger partial charge in [0.2, 0.25) is 5.16 Å². The van der Waals surface area contributed by atoms with E-state index < -0.39 is 6.29 Å². The minimum Gasteiger partial charge on any atom is -0.508 e. The topological polar surface area (TPSA) is 144 Å². The fraction of sp³-hybridized carbons (Fsp3) is 0.200. The molecule has 1 aliphatic heterocycles. The van der Waals surface area contributed by atoms with Crippen LogP contribution in [0.25, 0.3) is 16.8 Å². The first-order chi connectivity index (χ1) is 25.5. The first-order valence-electron chi connectivity index (χ1n) is 17.0. The smallest absolute Gasteiger partial charge is 0.315 e. The van der Waals surface area contributed by atoms with E-state index in [9.17, 15) is 15.0 Å². The van der Waals surface area contributed by atoms with Crippen LogP contribution in [0.1, 0.15) is 46.6 Å². The number of aromatic hydroxyl groups is 1. The molecule has 4 N–H and O–H groups in total. The molecule has 7 rings (SSSR count).